The molecule has 3 aromatic rings. The average Bonchev–Trinajstić information content (AvgIpc) is 2.83. The van der Waals surface area contributed by atoms with Crippen molar-refractivity contribution in [3.05, 3.63) is 34.9 Å². The van der Waals surface area contributed by atoms with E-state index in [1.807, 2.05) is 34.9 Å². The molecule has 80 valence electrons. The van der Waals surface area contributed by atoms with Crippen LogP contribution >= 0.6 is 27.3 Å². The van der Waals surface area contributed by atoms with Crippen molar-refractivity contribution in [1.82, 2.24) is 14.6 Å². The summed E-state index contributed by atoms with van der Waals surface area (Å²) in [5, 5.41) is 9.05. The number of thiophene rings is 1. The van der Waals surface area contributed by atoms with Crippen molar-refractivity contribution in [1.29, 1.82) is 0 Å². The lowest BCUT2D eigenvalue weighted by molar-refractivity contribution is 1.12. The van der Waals surface area contributed by atoms with Gasteiger partial charge in [0.25, 0.3) is 0 Å². The molecule has 2 N–H and O–H groups in total. The number of hydrogen-bond donors (Lipinski definition) is 1. The summed E-state index contributed by atoms with van der Waals surface area (Å²) in [5.74, 6) is 0.818. The summed E-state index contributed by atoms with van der Waals surface area (Å²) in [6.07, 6.45) is 1.95. The molecule has 0 aliphatic carbocycles. The fraction of sp³-hybridized carbons (Fsp3) is 0. The minimum atomic E-state index is 0.779. The quantitative estimate of drug-likeness (QED) is 0.751. The van der Waals surface area contributed by atoms with E-state index < -0.39 is 0 Å². The van der Waals surface area contributed by atoms with Crippen LogP contribution in [-0.4, -0.2) is 14.6 Å². The van der Waals surface area contributed by atoms with Crippen LogP contribution in [0.25, 0.3) is 16.3 Å². The van der Waals surface area contributed by atoms with E-state index in [4.69, 9.17) is 5.73 Å². The largest absolute Gasteiger partial charge is 0.391 e. The van der Waals surface area contributed by atoms with Crippen LogP contribution in [0.4, 0.5) is 5.00 Å². The van der Waals surface area contributed by atoms with Gasteiger partial charge in [-0.05, 0) is 40.2 Å². The van der Waals surface area contributed by atoms with E-state index in [1.54, 1.807) is 0 Å². The van der Waals surface area contributed by atoms with Crippen molar-refractivity contribution in [3.63, 3.8) is 0 Å². The molecule has 0 amide bonds. The molecule has 6 heteroatoms. The zero-order valence-corrected chi connectivity index (χ0v) is 10.5. The van der Waals surface area contributed by atoms with Crippen LogP contribution in [0.3, 0.4) is 0 Å². The molecule has 0 fully saturated rings. The fourth-order valence-corrected chi connectivity index (χ4v) is 2.60. The predicted octanol–water partition coefficient (Wildman–Crippen LogP) is 2.80. The van der Waals surface area contributed by atoms with Crippen molar-refractivity contribution < 1.29 is 0 Å². The van der Waals surface area contributed by atoms with Gasteiger partial charge in [0.15, 0.2) is 11.5 Å². The molecule has 0 atom stereocenters. The van der Waals surface area contributed by atoms with Gasteiger partial charge in [-0.15, -0.1) is 21.5 Å². The summed E-state index contributed by atoms with van der Waals surface area (Å²) >= 11 is 4.94. The highest BCUT2D eigenvalue weighted by molar-refractivity contribution is 9.10. The highest BCUT2D eigenvalue weighted by Crippen LogP contribution is 2.28. The predicted molar refractivity (Wildman–Crippen MR) is 68.4 cm³/mol. The number of nitrogen functional groups attached to an aromatic ring is 1. The second kappa shape index (κ2) is 3.57. The fourth-order valence-electron chi connectivity index (χ4n) is 1.51. The molecule has 0 aromatic carbocycles. The Labute approximate surface area is 104 Å². The number of hydrogen-bond acceptors (Lipinski definition) is 4. The van der Waals surface area contributed by atoms with Gasteiger partial charge < -0.3 is 5.73 Å². The normalized spacial score (nSPS) is 11.1. The third kappa shape index (κ3) is 1.50. The van der Waals surface area contributed by atoms with E-state index in [-0.39, 0.29) is 0 Å². The summed E-state index contributed by atoms with van der Waals surface area (Å²) in [6.45, 7) is 0. The van der Waals surface area contributed by atoms with Gasteiger partial charge in [-0.3, -0.25) is 4.40 Å². The van der Waals surface area contributed by atoms with E-state index in [1.165, 1.54) is 11.3 Å². The smallest absolute Gasteiger partial charge is 0.178 e. The van der Waals surface area contributed by atoms with Gasteiger partial charge in [-0.2, -0.15) is 0 Å². The van der Waals surface area contributed by atoms with Gasteiger partial charge >= 0.3 is 0 Å². The molecule has 3 aromatic heterocycles. The summed E-state index contributed by atoms with van der Waals surface area (Å²) in [4.78, 5) is 1.02. The summed E-state index contributed by atoms with van der Waals surface area (Å²) in [6, 6.07) is 7.69. The van der Waals surface area contributed by atoms with Crippen LogP contribution in [0.2, 0.25) is 0 Å². The van der Waals surface area contributed by atoms with Crippen LogP contribution in [-0.2, 0) is 0 Å². The number of anilines is 1. The monoisotopic (exact) mass is 294 g/mol. The second-order valence-electron chi connectivity index (χ2n) is 3.30. The Morgan fingerprint density at radius 3 is 2.81 bits per heavy atom. The highest BCUT2D eigenvalue weighted by atomic mass is 79.9. The maximum absolute atomic E-state index is 5.71. The lowest BCUT2D eigenvalue weighted by Crippen LogP contribution is -1.86. The molecular weight excluding hydrogens is 288 g/mol. The molecule has 0 bridgehead atoms. The molecule has 0 unspecified atom stereocenters. The molecule has 0 radical (unpaired) electrons. The first-order valence-electron chi connectivity index (χ1n) is 4.60. The third-order valence-corrected chi connectivity index (χ3v) is 3.59. The Morgan fingerprint density at radius 2 is 2.06 bits per heavy atom. The number of aromatic nitrogens is 3. The second-order valence-corrected chi connectivity index (χ2v) is 5.33. The molecule has 0 saturated heterocycles. The first kappa shape index (κ1) is 9.80. The van der Waals surface area contributed by atoms with Crippen molar-refractivity contribution in [2.24, 2.45) is 0 Å². The van der Waals surface area contributed by atoms with E-state index >= 15 is 0 Å². The number of nitrogens with two attached hydrogens (primary N) is 1. The zero-order valence-electron chi connectivity index (χ0n) is 8.09. The Morgan fingerprint density at radius 1 is 1.19 bits per heavy atom. The molecule has 3 heterocycles. The third-order valence-electron chi connectivity index (χ3n) is 2.21. The Kier molecular flexibility index (Phi) is 2.19. The molecule has 4 nitrogen and oxygen atoms in total. The number of pyridine rings is 1. The van der Waals surface area contributed by atoms with Gasteiger partial charge in [0, 0.05) is 10.7 Å². The van der Waals surface area contributed by atoms with E-state index in [9.17, 15) is 0 Å². The number of nitrogens with zero attached hydrogens (tertiary/aromatic N) is 3. The van der Waals surface area contributed by atoms with E-state index in [0.29, 0.717) is 0 Å². The standard InChI is InChI=1S/C10H7BrN4S/c11-6-1-4-9-13-14-10(15(9)5-6)7-2-3-8(12)16-7/h1-5H,12H2. The SMILES string of the molecule is Nc1ccc(-c2nnc3ccc(Br)cn23)s1. The van der Waals surface area contributed by atoms with Gasteiger partial charge in [-0.1, -0.05) is 0 Å². The molecule has 0 aliphatic heterocycles. The maximum Gasteiger partial charge on any atom is 0.178 e. The van der Waals surface area contributed by atoms with Gasteiger partial charge in [0.1, 0.15) is 0 Å². The first-order valence-corrected chi connectivity index (χ1v) is 6.21. The van der Waals surface area contributed by atoms with Crippen LogP contribution in [0.5, 0.6) is 0 Å². The van der Waals surface area contributed by atoms with Crippen molar-refractivity contribution in [2.45, 2.75) is 0 Å². The van der Waals surface area contributed by atoms with Gasteiger partial charge in [0.05, 0.1) is 9.88 Å². The average molecular weight is 295 g/mol. The van der Waals surface area contributed by atoms with Crippen LogP contribution in [0.15, 0.2) is 34.9 Å². The highest BCUT2D eigenvalue weighted by Gasteiger charge is 2.09. The summed E-state index contributed by atoms with van der Waals surface area (Å²) < 4.78 is 2.93. The van der Waals surface area contributed by atoms with E-state index in [2.05, 4.69) is 26.1 Å². The maximum atomic E-state index is 5.71. The van der Waals surface area contributed by atoms with Crippen molar-refractivity contribution in [2.75, 3.05) is 5.73 Å². The molecule has 0 saturated carbocycles. The Balaban J connectivity index is 2.27. The van der Waals surface area contributed by atoms with Crippen LogP contribution in [0.1, 0.15) is 0 Å². The minimum Gasteiger partial charge on any atom is -0.391 e. The topological polar surface area (TPSA) is 56.2 Å². The van der Waals surface area contributed by atoms with Crippen LogP contribution < -0.4 is 5.73 Å². The minimum absolute atomic E-state index is 0.779. The lowest BCUT2D eigenvalue weighted by Gasteiger charge is -1.97. The lowest BCUT2D eigenvalue weighted by atomic mass is 10.4. The Hall–Kier alpha value is -1.40. The molecule has 0 spiro atoms. The van der Waals surface area contributed by atoms with Gasteiger partial charge in [0.2, 0.25) is 0 Å². The number of rotatable bonds is 1. The molecule has 0 aliphatic rings. The van der Waals surface area contributed by atoms with E-state index in [0.717, 1.165) is 25.8 Å². The van der Waals surface area contributed by atoms with Crippen LogP contribution in [0, 0.1) is 0 Å². The van der Waals surface area contributed by atoms with Gasteiger partial charge in [-0.25, -0.2) is 0 Å². The first-order chi connectivity index (χ1) is 7.74. The summed E-state index contributed by atoms with van der Waals surface area (Å²) in [7, 11) is 0. The zero-order chi connectivity index (χ0) is 11.1. The van der Waals surface area contributed by atoms with Crippen molar-refractivity contribution in [3.8, 4) is 10.7 Å². The molecule has 16 heavy (non-hydrogen) atoms. The summed E-state index contributed by atoms with van der Waals surface area (Å²) in [5.41, 5.74) is 6.53. The molecule has 3 rings (SSSR count). The van der Waals surface area contributed by atoms with Crippen molar-refractivity contribution >= 4 is 37.9 Å². The number of halogens is 1. The molecular formula is C10H7BrN4S. The number of fused-ring (bicyclic) bond motifs is 1. The Bertz CT molecular complexity index is 658.